The number of rotatable bonds is 4. The first-order chi connectivity index (χ1) is 13.5. The standard InChI is InChI=1S/C22H18ClNO3S/c1-14(22(26)24-13-12-15-6-2-4-8-17(15)24)27-20(25)11-10-19-21(23)16-7-3-5-9-18(16)28-19/h2-11,14H,12-13H2,1H3/b11-10+/t14-/m0/s1. The van der Waals surface area contributed by atoms with Crippen molar-refractivity contribution in [2.75, 3.05) is 11.4 Å². The smallest absolute Gasteiger partial charge is 0.331 e. The average Bonchev–Trinajstić information content (AvgIpc) is 3.27. The van der Waals surface area contributed by atoms with Crippen LogP contribution in [0.25, 0.3) is 16.2 Å². The molecule has 0 spiro atoms. The van der Waals surface area contributed by atoms with Gasteiger partial charge in [-0.05, 0) is 37.1 Å². The molecule has 1 atom stereocenters. The van der Waals surface area contributed by atoms with Gasteiger partial charge in [0.1, 0.15) is 0 Å². The lowest BCUT2D eigenvalue weighted by Gasteiger charge is -2.21. The number of nitrogens with zero attached hydrogens (tertiary/aromatic N) is 1. The van der Waals surface area contributed by atoms with Gasteiger partial charge in [-0.3, -0.25) is 4.79 Å². The number of ether oxygens (including phenoxy) is 1. The van der Waals surface area contributed by atoms with Gasteiger partial charge < -0.3 is 9.64 Å². The van der Waals surface area contributed by atoms with Gasteiger partial charge in [0.25, 0.3) is 5.91 Å². The van der Waals surface area contributed by atoms with Gasteiger partial charge in [-0.15, -0.1) is 11.3 Å². The van der Waals surface area contributed by atoms with Crippen LogP contribution in [0.15, 0.2) is 54.6 Å². The summed E-state index contributed by atoms with van der Waals surface area (Å²) < 4.78 is 6.37. The monoisotopic (exact) mass is 411 g/mol. The van der Waals surface area contributed by atoms with E-state index in [4.69, 9.17) is 16.3 Å². The number of esters is 1. The molecule has 2 heterocycles. The topological polar surface area (TPSA) is 46.6 Å². The number of para-hydroxylation sites is 1. The van der Waals surface area contributed by atoms with Gasteiger partial charge >= 0.3 is 5.97 Å². The number of carbonyl (C=O) groups is 2. The molecule has 1 aromatic heterocycles. The molecule has 0 fully saturated rings. The van der Waals surface area contributed by atoms with Crippen LogP contribution in [0.4, 0.5) is 5.69 Å². The molecule has 28 heavy (non-hydrogen) atoms. The van der Waals surface area contributed by atoms with Gasteiger partial charge in [0.05, 0.1) is 5.02 Å². The average molecular weight is 412 g/mol. The molecule has 2 aromatic carbocycles. The zero-order chi connectivity index (χ0) is 19.7. The van der Waals surface area contributed by atoms with Gasteiger partial charge in [-0.2, -0.15) is 0 Å². The van der Waals surface area contributed by atoms with E-state index in [1.54, 1.807) is 17.9 Å². The summed E-state index contributed by atoms with van der Waals surface area (Å²) in [6.07, 6.45) is 2.91. The molecule has 4 nitrogen and oxygen atoms in total. The zero-order valence-electron chi connectivity index (χ0n) is 15.2. The van der Waals surface area contributed by atoms with Crippen molar-refractivity contribution < 1.29 is 14.3 Å². The van der Waals surface area contributed by atoms with Crippen molar-refractivity contribution in [2.45, 2.75) is 19.4 Å². The predicted octanol–water partition coefficient (Wildman–Crippen LogP) is 5.09. The number of halogens is 1. The number of thiophene rings is 1. The summed E-state index contributed by atoms with van der Waals surface area (Å²) >= 11 is 7.88. The first-order valence-corrected chi connectivity index (χ1v) is 10.2. The normalized spacial score (nSPS) is 14.4. The van der Waals surface area contributed by atoms with E-state index in [1.807, 2.05) is 48.5 Å². The van der Waals surface area contributed by atoms with E-state index in [1.165, 1.54) is 17.4 Å². The molecular formula is C22H18ClNO3S. The fourth-order valence-electron chi connectivity index (χ4n) is 3.33. The molecule has 3 aromatic rings. The van der Waals surface area contributed by atoms with Gasteiger partial charge in [-0.1, -0.05) is 48.0 Å². The molecule has 0 N–H and O–H groups in total. The molecule has 142 valence electrons. The van der Waals surface area contributed by atoms with Crippen LogP contribution in [0.5, 0.6) is 0 Å². The minimum absolute atomic E-state index is 0.216. The summed E-state index contributed by atoms with van der Waals surface area (Å²) in [6.45, 7) is 2.20. The molecule has 0 radical (unpaired) electrons. The molecule has 0 bridgehead atoms. The third-order valence-electron chi connectivity index (χ3n) is 4.72. The van der Waals surface area contributed by atoms with Crippen LogP contribution in [0.2, 0.25) is 5.02 Å². The Kier molecular flexibility index (Phi) is 5.20. The summed E-state index contributed by atoms with van der Waals surface area (Å²) in [5, 5.41) is 1.57. The molecule has 0 saturated heterocycles. The first-order valence-electron chi connectivity index (χ1n) is 8.99. The van der Waals surface area contributed by atoms with Crippen LogP contribution in [-0.4, -0.2) is 24.5 Å². The highest BCUT2D eigenvalue weighted by Gasteiger charge is 2.29. The minimum atomic E-state index is -0.860. The summed E-state index contributed by atoms with van der Waals surface area (Å²) in [5.41, 5.74) is 2.02. The third kappa shape index (κ3) is 3.55. The Morgan fingerprint density at radius 2 is 1.93 bits per heavy atom. The van der Waals surface area contributed by atoms with Crippen LogP contribution >= 0.6 is 22.9 Å². The summed E-state index contributed by atoms with van der Waals surface area (Å²) in [7, 11) is 0. The lowest BCUT2D eigenvalue weighted by Crippen LogP contribution is -2.38. The number of benzene rings is 2. The largest absolute Gasteiger partial charge is 0.449 e. The number of anilines is 1. The van der Waals surface area contributed by atoms with E-state index < -0.39 is 12.1 Å². The molecule has 1 amide bonds. The maximum atomic E-state index is 12.7. The molecule has 0 aliphatic carbocycles. The number of hydrogen-bond acceptors (Lipinski definition) is 4. The molecule has 1 aliphatic rings. The molecule has 0 unspecified atom stereocenters. The SMILES string of the molecule is C[C@H](OC(=O)/C=C/c1sc2ccccc2c1Cl)C(=O)N1CCc2ccccc21. The van der Waals surface area contributed by atoms with Gasteiger partial charge in [0, 0.05) is 33.3 Å². The Labute approximate surface area is 172 Å². The van der Waals surface area contributed by atoms with Crippen molar-refractivity contribution in [2.24, 2.45) is 0 Å². The van der Waals surface area contributed by atoms with E-state index in [9.17, 15) is 9.59 Å². The Morgan fingerprint density at radius 1 is 1.18 bits per heavy atom. The van der Waals surface area contributed by atoms with E-state index in [2.05, 4.69) is 0 Å². The van der Waals surface area contributed by atoms with Crippen LogP contribution < -0.4 is 4.90 Å². The second-order valence-electron chi connectivity index (χ2n) is 6.56. The van der Waals surface area contributed by atoms with Gasteiger partial charge in [-0.25, -0.2) is 4.79 Å². The molecule has 4 rings (SSSR count). The zero-order valence-corrected chi connectivity index (χ0v) is 16.8. The fraction of sp³-hybridized carbons (Fsp3) is 0.182. The Balaban J connectivity index is 1.42. The van der Waals surface area contributed by atoms with Gasteiger partial charge in [0.15, 0.2) is 6.10 Å². The second-order valence-corrected chi connectivity index (χ2v) is 8.02. The maximum Gasteiger partial charge on any atom is 0.331 e. The highest BCUT2D eigenvalue weighted by molar-refractivity contribution is 7.20. The molecule has 1 aliphatic heterocycles. The number of amides is 1. The van der Waals surface area contributed by atoms with Crippen molar-refractivity contribution in [3.05, 3.63) is 70.1 Å². The van der Waals surface area contributed by atoms with Crippen LogP contribution in [-0.2, 0) is 20.7 Å². The van der Waals surface area contributed by atoms with Crippen molar-refractivity contribution in [3.63, 3.8) is 0 Å². The number of carbonyl (C=O) groups excluding carboxylic acids is 2. The molecule has 6 heteroatoms. The Hall–Kier alpha value is -2.63. The van der Waals surface area contributed by atoms with E-state index in [-0.39, 0.29) is 5.91 Å². The number of hydrogen-bond donors (Lipinski definition) is 0. The quantitative estimate of drug-likeness (QED) is 0.443. The van der Waals surface area contributed by atoms with Crippen molar-refractivity contribution in [1.82, 2.24) is 0 Å². The highest BCUT2D eigenvalue weighted by atomic mass is 35.5. The van der Waals surface area contributed by atoms with Crippen molar-refractivity contribution in [3.8, 4) is 0 Å². The Morgan fingerprint density at radius 3 is 2.75 bits per heavy atom. The molecule has 0 saturated carbocycles. The lowest BCUT2D eigenvalue weighted by molar-refractivity contribution is -0.149. The lowest BCUT2D eigenvalue weighted by atomic mass is 10.2. The first kappa shape index (κ1) is 18.7. The summed E-state index contributed by atoms with van der Waals surface area (Å²) in [4.78, 5) is 27.4. The van der Waals surface area contributed by atoms with E-state index >= 15 is 0 Å². The molecular weight excluding hydrogens is 394 g/mol. The van der Waals surface area contributed by atoms with Gasteiger partial charge in [0.2, 0.25) is 0 Å². The fourth-order valence-corrected chi connectivity index (χ4v) is 4.73. The predicted molar refractivity (Wildman–Crippen MR) is 114 cm³/mol. The number of fused-ring (bicyclic) bond motifs is 2. The van der Waals surface area contributed by atoms with Crippen molar-refractivity contribution >= 4 is 56.7 Å². The maximum absolute atomic E-state index is 12.7. The summed E-state index contributed by atoms with van der Waals surface area (Å²) in [6, 6.07) is 15.6. The van der Waals surface area contributed by atoms with Crippen LogP contribution in [0.3, 0.4) is 0 Å². The Bertz CT molecular complexity index is 1090. The summed E-state index contributed by atoms with van der Waals surface area (Å²) in [5.74, 6) is -0.784. The van der Waals surface area contributed by atoms with Crippen molar-refractivity contribution in [1.29, 1.82) is 0 Å². The third-order valence-corrected chi connectivity index (χ3v) is 6.38. The second kappa shape index (κ2) is 7.78. The minimum Gasteiger partial charge on any atom is -0.449 e. The van der Waals surface area contributed by atoms with Crippen LogP contribution in [0.1, 0.15) is 17.4 Å². The van der Waals surface area contributed by atoms with Crippen LogP contribution in [0, 0.1) is 0 Å². The highest BCUT2D eigenvalue weighted by Crippen LogP contribution is 2.36. The van der Waals surface area contributed by atoms with E-state index in [0.717, 1.165) is 32.6 Å². The van der Waals surface area contributed by atoms with E-state index in [0.29, 0.717) is 11.6 Å².